The number of nitrogens with one attached hydrogen (secondary N) is 1. The molecule has 122 valence electrons. The minimum absolute atomic E-state index is 0.166. The number of rotatable bonds is 4. The highest BCUT2D eigenvalue weighted by atomic mass is 19.1. The molecule has 1 N–H and O–H groups in total. The van der Waals surface area contributed by atoms with Gasteiger partial charge in [-0.05, 0) is 43.5 Å². The molecule has 1 fully saturated rings. The molecule has 2 aromatic rings. The molecule has 1 amide bonds. The van der Waals surface area contributed by atoms with Crippen molar-refractivity contribution in [3.63, 3.8) is 0 Å². The van der Waals surface area contributed by atoms with Gasteiger partial charge in [0.25, 0.3) is 0 Å². The fourth-order valence-electron chi connectivity index (χ4n) is 3.40. The number of carbonyl (C=O) groups is 1. The molecule has 5 heteroatoms. The van der Waals surface area contributed by atoms with Crippen molar-refractivity contribution < 1.29 is 14.0 Å². The van der Waals surface area contributed by atoms with Crippen LogP contribution >= 0.6 is 0 Å². The maximum absolute atomic E-state index is 13.8. The number of hydrogen-bond donors (Lipinski definition) is 1. The summed E-state index contributed by atoms with van der Waals surface area (Å²) in [6, 6.07) is 12.5. The highest BCUT2D eigenvalue weighted by Gasteiger charge is 2.60. The summed E-state index contributed by atoms with van der Waals surface area (Å²) in [6.07, 6.45) is 2.29. The number of carbonyl (C=O) groups excluding carboxylic acids is 1. The number of halogens is 1. The first-order chi connectivity index (χ1) is 11.6. The fraction of sp³-hybridized carbons (Fsp3) is 0.263. The molecule has 0 radical (unpaired) electrons. The Kier molecular flexibility index (Phi) is 3.37. The normalized spacial score (nSPS) is 20.4. The van der Waals surface area contributed by atoms with E-state index in [1.165, 1.54) is 17.7 Å². The molecule has 0 bridgehead atoms. The summed E-state index contributed by atoms with van der Waals surface area (Å²) < 4.78 is 13.8. The van der Waals surface area contributed by atoms with E-state index in [-0.39, 0.29) is 17.3 Å². The zero-order chi connectivity index (χ0) is 16.7. The van der Waals surface area contributed by atoms with Crippen molar-refractivity contribution in [1.82, 2.24) is 0 Å². The van der Waals surface area contributed by atoms with Crippen LogP contribution in [0.2, 0.25) is 0 Å². The van der Waals surface area contributed by atoms with Gasteiger partial charge in [-0.3, -0.25) is 4.79 Å². The summed E-state index contributed by atoms with van der Waals surface area (Å²) in [4.78, 5) is 16.6. The molecular formula is C19H17FN2O2. The number of benzene rings is 2. The van der Waals surface area contributed by atoms with Crippen molar-refractivity contribution in [2.24, 2.45) is 10.6 Å². The van der Waals surface area contributed by atoms with Gasteiger partial charge in [0.1, 0.15) is 5.82 Å². The van der Waals surface area contributed by atoms with Gasteiger partial charge in [0.15, 0.2) is 6.10 Å². The standard InChI is InChI=1S/C19H17FN2O2/c1-12-2-4-13(5-3-12)18-19(8-9-19)17(22-24-18)15-10-14(20)6-7-16(15)21-11-23/h2-7,10-11,18H,8-9H2,1H3,(H,21,23)/t18-/m0/s1. The van der Waals surface area contributed by atoms with Crippen LogP contribution in [0.25, 0.3) is 0 Å². The monoisotopic (exact) mass is 324 g/mol. The predicted octanol–water partition coefficient (Wildman–Crippen LogP) is 3.96. The Morgan fingerprint density at radius 3 is 2.67 bits per heavy atom. The lowest BCUT2D eigenvalue weighted by Crippen LogP contribution is -2.21. The Hall–Kier alpha value is -2.69. The van der Waals surface area contributed by atoms with Crippen molar-refractivity contribution >= 4 is 17.8 Å². The molecule has 24 heavy (non-hydrogen) atoms. The molecule has 4 nitrogen and oxygen atoms in total. The van der Waals surface area contributed by atoms with E-state index in [9.17, 15) is 9.18 Å². The van der Waals surface area contributed by atoms with Crippen LogP contribution in [0.15, 0.2) is 47.6 Å². The van der Waals surface area contributed by atoms with Gasteiger partial charge in [-0.15, -0.1) is 0 Å². The van der Waals surface area contributed by atoms with Crippen LogP contribution in [0, 0.1) is 18.2 Å². The van der Waals surface area contributed by atoms with E-state index >= 15 is 0 Å². The number of anilines is 1. The zero-order valence-corrected chi connectivity index (χ0v) is 13.3. The molecule has 2 aromatic carbocycles. The average Bonchev–Trinajstić information content (AvgIpc) is 3.27. The van der Waals surface area contributed by atoms with Gasteiger partial charge < -0.3 is 10.2 Å². The highest BCUT2D eigenvalue weighted by molar-refractivity contribution is 6.11. The SMILES string of the molecule is Cc1ccc([C@@H]2ON=C(c3cc(F)ccc3NC=O)C23CC3)cc1. The van der Waals surface area contributed by atoms with E-state index in [1.807, 2.05) is 19.1 Å². The van der Waals surface area contributed by atoms with Gasteiger partial charge in [-0.25, -0.2) is 4.39 Å². The van der Waals surface area contributed by atoms with Crippen LogP contribution < -0.4 is 5.32 Å². The lowest BCUT2D eigenvalue weighted by atomic mass is 9.85. The van der Waals surface area contributed by atoms with Crippen LogP contribution in [0.4, 0.5) is 10.1 Å². The third kappa shape index (κ3) is 2.28. The van der Waals surface area contributed by atoms with Crippen molar-refractivity contribution in [3.8, 4) is 0 Å². The quantitative estimate of drug-likeness (QED) is 0.866. The third-order valence-electron chi connectivity index (χ3n) is 4.84. The molecular weight excluding hydrogens is 307 g/mol. The van der Waals surface area contributed by atoms with Crippen LogP contribution in [0.1, 0.15) is 35.6 Å². The largest absolute Gasteiger partial charge is 0.386 e. The van der Waals surface area contributed by atoms with Crippen LogP contribution in [-0.2, 0) is 9.63 Å². The molecule has 1 heterocycles. The topological polar surface area (TPSA) is 50.7 Å². The Labute approximate surface area is 139 Å². The van der Waals surface area contributed by atoms with Crippen LogP contribution in [-0.4, -0.2) is 12.1 Å². The van der Waals surface area contributed by atoms with E-state index in [0.717, 1.165) is 24.1 Å². The third-order valence-corrected chi connectivity index (χ3v) is 4.84. The molecule has 1 aliphatic heterocycles. The lowest BCUT2D eigenvalue weighted by molar-refractivity contribution is -0.105. The molecule has 4 rings (SSSR count). The number of nitrogens with zero attached hydrogens (tertiary/aromatic N) is 1. The smallest absolute Gasteiger partial charge is 0.211 e. The van der Waals surface area contributed by atoms with E-state index in [0.29, 0.717) is 17.7 Å². The second-order valence-electron chi connectivity index (χ2n) is 6.44. The second-order valence-corrected chi connectivity index (χ2v) is 6.44. The van der Waals surface area contributed by atoms with E-state index in [4.69, 9.17) is 4.84 Å². The molecule has 0 unspecified atom stereocenters. The Morgan fingerprint density at radius 2 is 2.00 bits per heavy atom. The number of oxime groups is 1. The Bertz CT molecular complexity index is 826. The van der Waals surface area contributed by atoms with Crippen LogP contribution in [0.5, 0.6) is 0 Å². The summed E-state index contributed by atoms with van der Waals surface area (Å²) in [5.74, 6) is -0.362. The number of aryl methyl sites for hydroxylation is 1. The average molecular weight is 324 g/mol. The van der Waals surface area contributed by atoms with Crippen molar-refractivity contribution in [2.75, 3.05) is 5.32 Å². The zero-order valence-electron chi connectivity index (χ0n) is 13.3. The minimum atomic E-state index is -0.362. The summed E-state index contributed by atoms with van der Waals surface area (Å²) in [5, 5.41) is 6.90. The van der Waals surface area contributed by atoms with Gasteiger partial charge in [0.2, 0.25) is 6.41 Å². The second kappa shape index (κ2) is 5.44. The first-order valence-corrected chi connectivity index (χ1v) is 7.95. The van der Waals surface area contributed by atoms with Crippen molar-refractivity contribution in [1.29, 1.82) is 0 Å². The molecule has 1 saturated carbocycles. The van der Waals surface area contributed by atoms with E-state index in [2.05, 4.69) is 22.6 Å². The van der Waals surface area contributed by atoms with Gasteiger partial charge in [0, 0.05) is 11.3 Å². The van der Waals surface area contributed by atoms with Gasteiger partial charge in [0.05, 0.1) is 11.1 Å². The van der Waals surface area contributed by atoms with Gasteiger partial charge >= 0.3 is 0 Å². The van der Waals surface area contributed by atoms with Gasteiger partial charge in [-0.2, -0.15) is 0 Å². The summed E-state index contributed by atoms with van der Waals surface area (Å²) in [5.41, 5.74) is 3.88. The molecule has 1 atom stereocenters. The molecule has 2 aliphatic rings. The number of amides is 1. The summed E-state index contributed by atoms with van der Waals surface area (Å²) >= 11 is 0. The maximum atomic E-state index is 13.8. The Morgan fingerprint density at radius 1 is 1.25 bits per heavy atom. The van der Waals surface area contributed by atoms with Crippen molar-refractivity contribution in [3.05, 3.63) is 65.0 Å². The number of hydrogen-bond acceptors (Lipinski definition) is 3. The lowest BCUT2D eigenvalue weighted by Gasteiger charge is -2.19. The first-order valence-electron chi connectivity index (χ1n) is 7.95. The minimum Gasteiger partial charge on any atom is -0.386 e. The molecule has 0 saturated heterocycles. The summed E-state index contributed by atoms with van der Waals surface area (Å²) in [6.45, 7) is 2.04. The molecule has 1 spiro atoms. The van der Waals surface area contributed by atoms with E-state index < -0.39 is 0 Å². The predicted molar refractivity (Wildman–Crippen MR) is 89.3 cm³/mol. The fourth-order valence-corrected chi connectivity index (χ4v) is 3.40. The molecule has 1 aliphatic carbocycles. The molecule has 0 aromatic heterocycles. The van der Waals surface area contributed by atoms with E-state index in [1.54, 1.807) is 6.07 Å². The van der Waals surface area contributed by atoms with Crippen molar-refractivity contribution in [2.45, 2.75) is 25.9 Å². The first kappa shape index (κ1) is 14.9. The highest BCUT2D eigenvalue weighted by Crippen LogP contribution is 2.62. The van der Waals surface area contributed by atoms with Crippen LogP contribution in [0.3, 0.4) is 0 Å². The van der Waals surface area contributed by atoms with Gasteiger partial charge in [-0.1, -0.05) is 35.0 Å². The Balaban J connectivity index is 1.73. The maximum Gasteiger partial charge on any atom is 0.211 e. The summed E-state index contributed by atoms with van der Waals surface area (Å²) in [7, 11) is 0.